The number of benzene rings is 2. The molecule has 0 saturated carbocycles. The number of rotatable bonds is 12. The lowest BCUT2D eigenvalue weighted by atomic mass is 10.2. The topological polar surface area (TPSA) is 33.7 Å². The Balaban J connectivity index is 1.94. The Bertz CT molecular complexity index is 786. The molecule has 0 saturated heterocycles. The van der Waals surface area contributed by atoms with Crippen LogP contribution < -0.4 is 14.8 Å². The summed E-state index contributed by atoms with van der Waals surface area (Å²) >= 11 is 15.8. The molecule has 29 heavy (non-hydrogen) atoms. The van der Waals surface area contributed by atoms with E-state index >= 15 is 0 Å². The molecular formula is C22H29BrCl2N2O2. The molecule has 0 aliphatic rings. The number of nitrogens with zero attached hydrogens (tertiary/aromatic N) is 1. The average molecular weight is 504 g/mol. The average Bonchev–Trinajstić information content (AvgIpc) is 2.70. The highest BCUT2D eigenvalue weighted by atomic mass is 79.9. The zero-order chi connectivity index (χ0) is 21.2. The van der Waals surface area contributed by atoms with Crippen LogP contribution in [0.2, 0.25) is 10.0 Å². The molecule has 2 rings (SSSR count). The van der Waals surface area contributed by atoms with Crippen LogP contribution in [0.3, 0.4) is 0 Å². The van der Waals surface area contributed by atoms with Crippen LogP contribution in [0.5, 0.6) is 11.5 Å². The molecular weight excluding hydrogens is 475 g/mol. The molecule has 0 atom stereocenters. The van der Waals surface area contributed by atoms with E-state index in [1.807, 2.05) is 12.1 Å². The zero-order valence-corrected chi connectivity index (χ0v) is 20.3. The van der Waals surface area contributed by atoms with Gasteiger partial charge in [0.15, 0.2) is 11.5 Å². The Hall–Kier alpha value is -0.980. The third kappa shape index (κ3) is 7.65. The third-order valence-electron chi connectivity index (χ3n) is 4.73. The summed E-state index contributed by atoms with van der Waals surface area (Å²) in [5, 5.41) is 4.68. The van der Waals surface area contributed by atoms with E-state index in [1.165, 1.54) is 0 Å². The van der Waals surface area contributed by atoms with Gasteiger partial charge in [-0.15, -0.1) is 0 Å². The van der Waals surface area contributed by atoms with E-state index < -0.39 is 0 Å². The summed E-state index contributed by atoms with van der Waals surface area (Å²) in [7, 11) is 1.64. The van der Waals surface area contributed by atoms with Gasteiger partial charge in [-0.05, 0) is 78.4 Å². The van der Waals surface area contributed by atoms with Gasteiger partial charge in [-0.25, -0.2) is 0 Å². The molecule has 2 aromatic carbocycles. The fourth-order valence-electron chi connectivity index (χ4n) is 3.00. The summed E-state index contributed by atoms with van der Waals surface area (Å²) in [5.41, 5.74) is 2.00. The van der Waals surface area contributed by atoms with Crippen molar-refractivity contribution in [2.24, 2.45) is 0 Å². The van der Waals surface area contributed by atoms with Crippen molar-refractivity contribution in [3.8, 4) is 11.5 Å². The number of methoxy groups -OCH3 is 1. The van der Waals surface area contributed by atoms with Gasteiger partial charge in [-0.3, -0.25) is 0 Å². The molecule has 0 amide bonds. The molecule has 7 heteroatoms. The first-order valence-corrected chi connectivity index (χ1v) is 11.4. The molecule has 4 nitrogen and oxygen atoms in total. The van der Waals surface area contributed by atoms with Gasteiger partial charge in [0.05, 0.1) is 11.6 Å². The molecule has 0 heterocycles. The monoisotopic (exact) mass is 502 g/mol. The Morgan fingerprint density at radius 2 is 1.86 bits per heavy atom. The van der Waals surface area contributed by atoms with Crippen molar-refractivity contribution in [3.05, 3.63) is 56.0 Å². The number of nitrogens with one attached hydrogen (secondary N) is 1. The summed E-state index contributed by atoms with van der Waals surface area (Å²) in [6.45, 7) is 9.80. The summed E-state index contributed by atoms with van der Waals surface area (Å²) < 4.78 is 12.4. The maximum Gasteiger partial charge on any atom is 0.175 e. The van der Waals surface area contributed by atoms with Crippen LogP contribution in [0.1, 0.15) is 31.4 Å². The summed E-state index contributed by atoms with van der Waals surface area (Å²) in [6, 6.07) is 9.43. The first-order chi connectivity index (χ1) is 14.0. The number of hydrogen-bond donors (Lipinski definition) is 1. The van der Waals surface area contributed by atoms with Gasteiger partial charge in [-0.1, -0.05) is 43.1 Å². The van der Waals surface area contributed by atoms with Gasteiger partial charge in [0.25, 0.3) is 0 Å². The molecule has 0 radical (unpaired) electrons. The lowest BCUT2D eigenvalue weighted by Gasteiger charge is -2.18. The van der Waals surface area contributed by atoms with Crippen molar-refractivity contribution >= 4 is 39.1 Å². The SMILES string of the molecule is CCN(CC)CCCNCc1cc(Br)c(OCc2ccc(Cl)cc2Cl)c(OC)c1. The molecule has 0 aliphatic heterocycles. The Kier molecular flexibility index (Phi) is 10.6. The highest BCUT2D eigenvalue weighted by Gasteiger charge is 2.13. The van der Waals surface area contributed by atoms with Gasteiger partial charge in [-0.2, -0.15) is 0 Å². The molecule has 0 bridgehead atoms. The van der Waals surface area contributed by atoms with Crippen LogP contribution in [-0.4, -0.2) is 38.2 Å². The fourth-order valence-corrected chi connectivity index (χ4v) is 4.07. The molecule has 160 valence electrons. The minimum absolute atomic E-state index is 0.327. The normalized spacial score (nSPS) is 11.1. The maximum absolute atomic E-state index is 6.24. The first kappa shape index (κ1) is 24.3. The molecule has 0 spiro atoms. The van der Waals surface area contributed by atoms with Gasteiger partial charge in [0.2, 0.25) is 0 Å². The largest absolute Gasteiger partial charge is 0.493 e. The Labute approximate surface area is 192 Å². The molecule has 0 unspecified atom stereocenters. The van der Waals surface area contributed by atoms with Gasteiger partial charge >= 0.3 is 0 Å². The van der Waals surface area contributed by atoms with Gasteiger partial charge in [0, 0.05) is 22.2 Å². The molecule has 0 aromatic heterocycles. The predicted molar refractivity (Wildman–Crippen MR) is 126 cm³/mol. The van der Waals surface area contributed by atoms with Crippen LogP contribution in [0, 0.1) is 0 Å². The second-order valence-electron chi connectivity index (χ2n) is 6.69. The van der Waals surface area contributed by atoms with E-state index in [0.29, 0.717) is 28.2 Å². The van der Waals surface area contributed by atoms with E-state index in [0.717, 1.165) is 54.7 Å². The van der Waals surface area contributed by atoms with Crippen molar-refractivity contribution in [2.75, 3.05) is 33.3 Å². The van der Waals surface area contributed by atoms with E-state index in [2.05, 4.69) is 46.1 Å². The van der Waals surface area contributed by atoms with Crippen molar-refractivity contribution < 1.29 is 9.47 Å². The number of ether oxygens (including phenoxy) is 2. The molecule has 0 fully saturated rings. The maximum atomic E-state index is 6.24. The standard InChI is InChI=1S/C22H29BrCl2N2O2/c1-4-27(5-2)10-6-9-26-14-16-11-19(23)22(21(12-16)28-3)29-15-17-7-8-18(24)13-20(17)25/h7-8,11-13,26H,4-6,9-10,14-15H2,1-3H3. The highest BCUT2D eigenvalue weighted by Crippen LogP contribution is 2.37. The van der Waals surface area contributed by atoms with Crippen LogP contribution in [-0.2, 0) is 13.2 Å². The smallest absolute Gasteiger partial charge is 0.175 e. The second-order valence-corrected chi connectivity index (χ2v) is 8.39. The Morgan fingerprint density at radius 3 is 2.52 bits per heavy atom. The quantitative estimate of drug-likeness (QED) is 0.351. The number of halogens is 3. The lowest BCUT2D eigenvalue weighted by molar-refractivity contribution is 0.282. The van der Waals surface area contributed by atoms with Crippen molar-refractivity contribution in [1.82, 2.24) is 10.2 Å². The molecule has 1 N–H and O–H groups in total. The fraction of sp³-hybridized carbons (Fsp3) is 0.455. The lowest BCUT2D eigenvalue weighted by Crippen LogP contribution is -2.27. The summed E-state index contributed by atoms with van der Waals surface area (Å²) in [4.78, 5) is 2.43. The van der Waals surface area contributed by atoms with Crippen molar-refractivity contribution in [3.63, 3.8) is 0 Å². The van der Waals surface area contributed by atoms with E-state index in [9.17, 15) is 0 Å². The summed E-state index contributed by atoms with van der Waals surface area (Å²) in [6.07, 6.45) is 1.13. The van der Waals surface area contributed by atoms with E-state index in [1.54, 1.807) is 19.2 Å². The third-order valence-corrected chi connectivity index (χ3v) is 5.90. The predicted octanol–water partition coefficient (Wildman–Crippen LogP) is 6.17. The second kappa shape index (κ2) is 12.7. The van der Waals surface area contributed by atoms with Crippen LogP contribution in [0.25, 0.3) is 0 Å². The van der Waals surface area contributed by atoms with Crippen molar-refractivity contribution in [1.29, 1.82) is 0 Å². The van der Waals surface area contributed by atoms with Gasteiger partial charge in [0.1, 0.15) is 6.61 Å². The van der Waals surface area contributed by atoms with Crippen LogP contribution >= 0.6 is 39.1 Å². The number of hydrogen-bond acceptors (Lipinski definition) is 4. The molecule has 0 aliphatic carbocycles. The zero-order valence-electron chi connectivity index (χ0n) is 17.2. The summed E-state index contributed by atoms with van der Waals surface area (Å²) in [5.74, 6) is 1.34. The highest BCUT2D eigenvalue weighted by molar-refractivity contribution is 9.10. The van der Waals surface area contributed by atoms with Crippen molar-refractivity contribution in [2.45, 2.75) is 33.4 Å². The minimum atomic E-state index is 0.327. The Morgan fingerprint density at radius 1 is 1.10 bits per heavy atom. The van der Waals surface area contributed by atoms with Crippen LogP contribution in [0.15, 0.2) is 34.8 Å². The van der Waals surface area contributed by atoms with Gasteiger partial charge < -0.3 is 19.7 Å². The van der Waals surface area contributed by atoms with E-state index in [-0.39, 0.29) is 0 Å². The first-order valence-electron chi connectivity index (χ1n) is 9.84. The molecule has 2 aromatic rings. The van der Waals surface area contributed by atoms with E-state index in [4.69, 9.17) is 32.7 Å². The minimum Gasteiger partial charge on any atom is -0.493 e. The van der Waals surface area contributed by atoms with Crippen LogP contribution in [0.4, 0.5) is 0 Å².